The van der Waals surface area contributed by atoms with Crippen molar-refractivity contribution in [2.24, 2.45) is 0 Å². The monoisotopic (exact) mass is 170 g/mol. The van der Waals surface area contributed by atoms with Crippen LogP contribution < -0.4 is 0 Å². The molecular weight excluding hydrogens is 160 g/mol. The van der Waals surface area contributed by atoms with E-state index in [4.69, 9.17) is 0 Å². The zero-order chi connectivity index (χ0) is 6.97. The van der Waals surface area contributed by atoms with Crippen LogP contribution in [0.3, 0.4) is 0 Å². The Kier molecular flexibility index (Phi) is 1.75. The molecule has 54 valence electrons. The molecule has 0 fully saturated rings. The van der Waals surface area contributed by atoms with Gasteiger partial charge in [0.05, 0.1) is 0 Å². The molecule has 1 aliphatic rings. The summed E-state index contributed by atoms with van der Waals surface area (Å²) in [6.07, 6.45) is 2.63. The van der Waals surface area contributed by atoms with Gasteiger partial charge in [-0.05, 0) is 24.3 Å². The number of hydrogen-bond donors (Lipinski definition) is 0. The Morgan fingerprint density at radius 3 is 3.30 bits per heavy atom. The molecule has 1 aliphatic heterocycles. The highest BCUT2D eigenvalue weighted by atomic mass is 32.2. The molecule has 0 spiro atoms. The molecule has 0 aliphatic carbocycles. The summed E-state index contributed by atoms with van der Waals surface area (Å²) in [6, 6.07) is 2.25. The maximum absolute atomic E-state index is 2.27. The van der Waals surface area contributed by atoms with Crippen LogP contribution in [-0.4, -0.2) is 5.25 Å². The molecule has 1 atom stereocenters. The Balaban J connectivity index is 2.21. The highest BCUT2D eigenvalue weighted by molar-refractivity contribution is 8.00. The van der Waals surface area contributed by atoms with E-state index in [2.05, 4.69) is 30.1 Å². The van der Waals surface area contributed by atoms with Crippen molar-refractivity contribution in [1.29, 1.82) is 0 Å². The van der Waals surface area contributed by atoms with Gasteiger partial charge in [0.15, 0.2) is 0 Å². The molecule has 0 N–H and O–H groups in total. The number of thioether (sulfide) groups is 1. The number of thiophene rings is 1. The van der Waals surface area contributed by atoms with Gasteiger partial charge >= 0.3 is 0 Å². The molecule has 1 aromatic heterocycles. The average molecular weight is 170 g/mol. The first-order chi connectivity index (χ1) is 4.90. The van der Waals surface area contributed by atoms with Gasteiger partial charge in [0, 0.05) is 15.0 Å². The lowest BCUT2D eigenvalue weighted by Crippen LogP contribution is -1.95. The van der Waals surface area contributed by atoms with Crippen LogP contribution in [0, 0.1) is 0 Å². The molecule has 10 heavy (non-hydrogen) atoms. The standard InChI is InChI=1S/C8H10S2/c1-2-6-5-8-7(10-6)3-4-9-8/h3-4,6H,2,5H2,1H3. The molecule has 0 saturated carbocycles. The minimum Gasteiger partial charge on any atom is -0.148 e. The van der Waals surface area contributed by atoms with Crippen molar-refractivity contribution in [3.8, 4) is 0 Å². The minimum absolute atomic E-state index is 0.877. The van der Waals surface area contributed by atoms with Crippen LogP contribution in [0.4, 0.5) is 0 Å². The number of hydrogen-bond acceptors (Lipinski definition) is 2. The Bertz CT molecular complexity index is 206. The van der Waals surface area contributed by atoms with Crippen LogP contribution in [0.2, 0.25) is 0 Å². The third-order valence-corrected chi connectivity index (χ3v) is 4.41. The molecule has 0 bridgehead atoms. The Morgan fingerprint density at radius 2 is 2.60 bits per heavy atom. The Morgan fingerprint density at radius 1 is 1.70 bits per heavy atom. The lowest BCUT2D eigenvalue weighted by Gasteiger charge is -2.00. The van der Waals surface area contributed by atoms with Crippen LogP contribution in [-0.2, 0) is 6.42 Å². The summed E-state index contributed by atoms with van der Waals surface area (Å²) in [5.41, 5.74) is 0. The van der Waals surface area contributed by atoms with Gasteiger partial charge in [0.25, 0.3) is 0 Å². The predicted molar refractivity (Wildman–Crippen MR) is 48.0 cm³/mol. The maximum atomic E-state index is 2.27. The third kappa shape index (κ3) is 0.995. The predicted octanol–water partition coefficient (Wildman–Crippen LogP) is 3.17. The van der Waals surface area contributed by atoms with Gasteiger partial charge in [-0.1, -0.05) is 6.92 Å². The summed E-state index contributed by atoms with van der Waals surface area (Å²) < 4.78 is 0. The molecule has 0 nitrogen and oxygen atoms in total. The van der Waals surface area contributed by atoms with Gasteiger partial charge in [-0.2, -0.15) is 0 Å². The van der Waals surface area contributed by atoms with Crippen molar-refractivity contribution in [2.45, 2.75) is 29.9 Å². The molecule has 2 rings (SSSR count). The van der Waals surface area contributed by atoms with Crippen LogP contribution in [0.1, 0.15) is 18.2 Å². The zero-order valence-corrected chi connectivity index (χ0v) is 7.60. The first-order valence-electron chi connectivity index (χ1n) is 3.63. The van der Waals surface area contributed by atoms with Gasteiger partial charge in [-0.3, -0.25) is 0 Å². The number of fused-ring (bicyclic) bond motifs is 1. The summed E-state index contributed by atoms with van der Waals surface area (Å²) >= 11 is 3.96. The Labute approximate surface area is 69.6 Å². The van der Waals surface area contributed by atoms with E-state index >= 15 is 0 Å². The summed E-state index contributed by atoms with van der Waals surface area (Å²) in [6.45, 7) is 2.27. The minimum atomic E-state index is 0.877. The van der Waals surface area contributed by atoms with Crippen LogP contribution in [0.15, 0.2) is 16.3 Å². The van der Waals surface area contributed by atoms with E-state index in [0.717, 1.165) is 5.25 Å². The van der Waals surface area contributed by atoms with Gasteiger partial charge in [0.1, 0.15) is 0 Å². The van der Waals surface area contributed by atoms with E-state index in [9.17, 15) is 0 Å². The number of rotatable bonds is 1. The molecule has 1 unspecified atom stereocenters. The van der Waals surface area contributed by atoms with Gasteiger partial charge in [-0.15, -0.1) is 23.1 Å². The van der Waals surface area contributed by atoms with Crippen molar-refractivity contribution in [3.63, 3.8) is 0 Å². The molecule has 0 amide bonds. The summed E-state index contributed by atoms with van der Waals surface area (Å²) in [5, 5.41) is 3.08. The molecule has 0 saturated heterocycles. The smallest absolute Gasteiger partial charge is 0.0214 e. The lowest BCUT2D eigenvalue weighted by atomic mass is 10.2. The molecule has 2 heteroatoms. The van der Waals surface area contributed by atoms with Crippen molar-refractivity contribution < 1.29 is 0 Å². The fraction of sp³-hybridized carbons (Fsp3) is 0.500. The quantitative estimate of drug-likeness (QED) is 0.624. The van der Waals surface area contributed by atoms with E-state index in [0.29, 0.717) is 0 Å². The van der Waals surface area contributed by atoms with E-state index in [-0.39, 0.29) is 0 Å². The Hall–Kier alpha value is 0.0500. The van der Waals surface area contributed by atoms with Crippen molar-refractivity contribution in [2.75, 3.05) is 0 Å². The van der Waals surface area contributed by atoms with Crippen LogP contribution in [0.5, 0.6) is 0 Å². The van der Waals surface area contributed by atoms with Gasteiger partial charge < -0.3 is 0 Å². The highest BCUT2D eigenvalue weighted by Crippen LogP contribution is 2.41. The summed E-state index contributed by atoms with van der Waals surface area (Å²) in [7, 11) is 0. The van der Waals surface area contributed by atoms with Gasteiger partial charge in [0.2, 0.25) is 0 Å². The molecular formula is C8H10S2. The summed E-state index contributed by atoms with van der Waals surface area (Å²) in [5.74, 6) is 0. The fourth-order valence-electron chi connectivity index (χ4n) is 1.24. The van der Waals surface area contributed by atoms with E-state index in [1.807, 2.05) is 11.3 Å². The van der Waals surface area contributed by atoms with E-state index in [1.165, 1.54) is 17.7 Å². The molecule has 0 aromatic carbocycles. The normalized spacial score (nSPS) is 23.1. The topological polar surface area (TPSA) is 0 Å². The highest BCUT2D eigenvalue weighted by Gasteiger charge is 2.20. The van der Waals surface area contributed by atoms with Crippen LogP contribution in [0.25, 0.3) is 0 Å². The van der Waals surface area contributed by atoms with Crippen molar-refractivity contribution in [3.05, 3.63) is 16.3 Å². The van der Waals surface area contributed by atoms with E-state index < -0.39 is 0 Å². The fourth-order valence-corrected chi connectivity index (χ4v) is 3.71. The van der Waals surface area contributed by atoms with E-state index in [1.54, 1.807) is 4.88 Å². The lowest BCUT2D eigenvalue weighted by molar-refractivity contribution is 0.839. The molecule has 2 heterocycles. The second kappa shape index (κ2) is 2.59. The van der Waals surface area contributed by atoms with Gasteiger partial charge in [-0.25, -0.2) is 0 Å². The maximum Gasteiger partial charge on any atom is 0.0214 e. The van der Waals surface area contributed by atoms with Crippen molar-refractivity contribution in [1.82, 2.24) is 0 Å². The first-order valence-corrected chi connectivity index (χ1v) is 5.39. The van der Waals surface area contributed by atoms with Crippen molar-refractivity contribution >= 4 is 23.1 Å². The second-order valence-corrected chi connectivity index (χ2v) is 4.90. The molecule has 0 radical (unpaired) electrons. The van der Waals surface area contributed by atoms with Crippen LogP contribution >= 0.6 is 23.1 Å². The zero-order valence-electron chi connectivity index (χ0n) is 5.96. The SMILES string of the molecule is CCC1Cc2sccc2S1. The first kappa shape index (κ1) is 6.74. The third-order valence-electron chi connectivity index (χ3n) is 1.87. The largest absolute Gasteiger partial charge is 0.148 e. The average Bonchev–Trinajstić information content (AvgIpc) is 2.42. The second-order valence-electron chi connectivity index (χ2n) is 2.56. The summed E-state index contributed by atoms with van der Waals surface area (Å²) in [4.78, 5) is 3.15. The molecule has 1 aromatic rings.